The van der Waals surface area contributed by atoms with E-state index >= 15 is 0 Å². The zero-order valence-corrected chi connectivity index (χ0v) is 12.4. The number of hydrogen-bond acceptors (Lipinski definition) is 1. The maximum atomic E-state index is 3.84. The summed E-state index contributed by atoms with van der Waals surface area (Å²) >= 11 is 0. The van der Waals surface area contributed by atoms with Gasteiger partial charge in [0.15, 0.2) is 0 Å². The third-order valence-corrected chi connectivity index (χ3v) is 4.73. The number of hydrogen-bond donors (Lipinski definition) is 1. The molecule has 0 aromatic heterocycles. The molecule has 102 valence electrons. The first-order chi connectivity index (χ1) is 8.19. The predicted molar refractivity (Wildman–Crippen MR) is 77.4 cm³/mol. The minimum Gasteiger partial charge on any atom is -0.311 e. The maximum Gasteiger partial charge on any atom is 0.0178 e. The average Bonchev–Trinajstić information content (AvgIpc) is 2.32. The molecule has 0 aromatic rings. The van der Waals surface area contributed by atoms with E-state index in [1.54, 1.807) is 0 Å². The van der Waals surface area contributed by atoms with E-state index < -0.39 is 0 Å². The molecule has 0 saturated heterocycles. The summed E-state index contributed by atoms with van der Waals surface area (Å²) in [4.78, 5) is 0. The van der Waals surface area contributed by atoms with E-state index in [1.807, 2.05) is 0 Å². The van der Waals surface area contributed by atoms with Gasteiger partial charge in [0.05, 0.1) is 0 Å². The fraction of sp³-hybridized carbons (Fsp3) is 1.00. The van der Waals surface area contributed by atoms with E-state index in [2.05, 4.69) is 26.1 Å². The maximum absolute atomic E-state index is 3.84. The van der Waals surface area contributed by atoms with Crippen LogP contribution < -0.4 is 5.32 Å². The van der Waals surface area contributed by atoms with Crippen molar-refractivity contribution in [2.45, 2.75) is 90.5 Å². The van der Waals surface area contributed by atoms with Gasteiger partial charge in [0.2, 0.25) is 0 Å². The Hall–Kier alpha value is -0.0400. The van der Waals surface area contributed by atoms with Crippen LogP contribution in [0.2, 0.25) is 0 Å². The summed E-state index contributed by atoms with van der Waals surface area (Å²) in [5, 5.41) is 3.84. The molecule has 0 aromatic carbocycles. The van der Waals surface area contributed by atoms with Gasteiger partial charge in [0, 0.05) is 5.54 Å². The third-order valence-electron chi connectivity index (χ3n) is 4.73. The summed E-state index contributed by atoms with van der Waals surface area (Å²) in [6, 6.07) is 0. The van der Waals surface area contributed by atoms with Crippen molar-refractivity contribution < 1.29 is 0 Å². The van der Waals surface area contributed by atoms with E-state index in [1.165, 1.54) is 70.8 Å². The minimum atomic E-state index is 0.432. The van der Waals surface area contributed by atoms with Gasteiger partial charge in [-0.05, 0) is 38.6 Å². The Balaban J connectivity index is 2.04. The highest BCUT2D eigenvalue weighted by molar-refractivity contribution is 4.91. The van der Waals surface area contributed by atoms with Crippen LogP contribution in [0.15, 0.2) is 0 Å². The Morgan fingerprint density at radius 2 is 1.76 bits per heavy atom. The van der Waals surface area contributed by atoms with Crippen molar-refractivity contribution in [3.05, 3.63) is 0 Å². The first-order valence-electron chi connectivity index (χ1n) is 7.94. The number of rotatable bonds is 8. The van der Waals surface area contributed by atoms with E-state index in [9.17, 15) is 0 Å². The van der Waals surface area contributed by atoms with Crippen LogP contribution in [-0.2, 0) is 0 Å². The van der Waals surface area contributed by atoms with Crippen LogP contribution in [0.4, 0.5) is 0 Å². The summed E-state index contributed by atoms with van der Waals surface area (Å²) in [5.41, 5.74) is 0.432. The molecule has 0 bridgehead atoms. The second kappa shape index (κ2) is 8.13. The standard InChI is InChI=1S/C16H33N/c1-4-5-6-7-8-11-14-17-16(3)13-10-9-12-15(16)2/h15,17H,4-14H2,1-3H3. The van der Waals surface area contributed by atoms with Gasteiger partial charge in [-0.3, -0.25) is 0 Å². The molecule has 0 spiro atoms. The van der Waals surface area contributed by atoms with Crippen molar-refractivity contribution in [2.75, 3.05) is 6.54 Å². The van der Waals surface area contributed by atoms with Crippen LogP contribution in [0.25, 0.3) is 0 Å². The zero-order valence-electron chi connectivity index (χ0n) is 12.4. The first-order valence-corrected chi connectivity index (χ1v) is 7.94. The molecular weight excluding hydrogens is 206 g/mol. The van der Waals surface area contributed by atoms with E-state index in [0.29, 0.717) is 5.54 Å². The Bertz CT molecular complexity index is 190. The summed E-state index contributed by atoms with van der Waals surface area (Å²) in [6.45, 7) is 8.38. The molecule has 0 amide bonds. The van der Waals surface area contributed by atoms with Crippen molar-refractivity contribution in [2.24, 2.45) is 5.92 Å². The van der Waals surface area contributed by atoms with Crippen LogP contribution in [-0.4, -0.2) is 12.1 Å². The molecule has 2 unspecified atom stereocenters. The number of nitrogens with one attached hydrogen (secondary N) is 1. The molecule has 2 atom stereocenters. The molecule has 0 radical (unpaired) electrons. The van der Waals surface area contributed by atoms with Gasteiger partial charge in [0.25, 0.3) is 0 Å². The van der Waals surface area contributed by atoms with Gasteiger partial charge in [-0.15, -0.1) is 0 Å². The van der Waals surface area contributed by atoms with Gasteiger partial charge in [-0.2, -0.15) is 0 Å². The van der Waals surface area contributed by atoms with Crippen molar-refractivity contribution in [1.29, 1.82) is 0 Å². The SMILES string of the molecule is CCCCCCCCNC1(C)CCCCC1C. The van der Waals surface area contributed by atoms with Crippen LogP contribution in [0.1, 0.15) is 85.0 Å². The second-order valence-corrected chi connectivity index (χ2v) is 6.26. The van der Waals surface area contributed by atoms with Gasteiger partial charge in [-0.25, -0.2) is 0 Å². The Kier molecular flexibility index (Phi) is 7.18. The van der Waals surface area contributed by atoms with E-state index in [4.69, 9.17) is 0 Å². The summed E-state index contributed by atoms with van der Waals surface area (Å²) < 4.78 is 0. The van der Waals surface area contributed by atoms with Crippen LogP contribution in [0.5, 0.6) is 0 Å². The lowest BCUT2D eigenvalue weighted by Gasteiger charge is -2.40. The fourth-order valence-electron chi connectivity index (χ4n) is 3.05. The van der Waals surface area contributed by atoms with Crippen LogP contribution in [0, 0.1) is 5.92 Å². The van der Waals surface area contributed by atoms with Crippen LogP contribution in [0.3, 0.4) is 0 Å². The van der Waals surface area contributed by atoms with Crippen LogP contribution >= 0.6 is 0 Å². The van der Waals surface area contributed by atoms with Gasteiger partial charge < -0.3 is 5.32 Å². The van der Waals surface area contributed by atoms with Gasteiger partial charge >= 0.3 is 0 Å². The van der Waals surface area contributed by atoms with Crippen molar-refractivity contribution in [1.82, 2.24) is 5.32 Å². The Labute approximate surface area is 109 Å². The molecule has 1 heteroatoms. The molecule has 1 N–H and O–H groups in total. The summed E-state index contributed by atoms with van der Waals surface area (Å²) in [5.74, 6) is 0.858. The molecule has 1 fully saturated rings. The highest BCUT2D eigenvalue weighted by Gasteiger charge is 2.32. The summed E-state index contributed by atoms with van der Waals surface area (Å²) in [6.07, 6.45) is 14.1. The lowest BCUT2D eigenvalue weighted by molar-refractivity contribution is 0.173. The molecule has 0 heterocycles. The van der Waals surface area contributed by atoms with Crippen molar-refractivity contribution in [3.63, 3.8) is 0 Å². The normalized spacial score (nSPS) is 29.5. The number of unbranched alkanes of at least 4 members (excludes halogenated alkanes) is 5. The smallest absolute Gasteiger partial charge is 0.0178 e. The van der Waals surface area contributed by atoms with Gasteiger partial charge in [-0.1, -0.05) is 58.8 Å². The predicted octanol–water partition coefficient (Wildman–Crippen LogP) is 4.91. The topological polar surface area (TPSA) is 12.0 Å². The van der Waals surface area contributed by atoms with E-state index in [-0.39, 0.29) is 0 Å². The fourth-order valence-corrected chi connectivity index (χ4v) is 3.05. The highest BCUT2D eigenvalue weighted by atomic mass is 15.0. The van der Waals surface area contributed by atoms with Crippen molar-refractivity contribution >= 4 is 0 Å². The molecule has 0 aliphatic heterocycles. The molecule has 1 aliphatic carbocycles. The lowest BCUT2D eigenvalue weighted by Crippen LogP contribution is -2.49. The molecular formula is C16H33N. The zero-order chi connectivity index (χ0) is 12.6. The minimum absolute atomic E-state index is 0.432. The third kappa shape index (κ3) is 5.42. The van der Waals surface area contributed by atoms with Crippen molar-refractivity contribution in [3.8, 4) is 0 Å². The molecule has 1 aliphatic rings. The second-order valence-electron chi connectivity index (χ2n) is 6.26. The van der Waals surface area contributed by atoms with E-state index in [0.717, 1.165) is 5.92 Å². The quantitative estimate of drug-likeness (QED) is 0.594. The first kappa shape index (κ1) is 15.0. The highest BCUT2D eigenvalue weighted by Crippen LogP contribution is 2.33. The molecule has 17 heavy (non-hydrogen) atoms. The summed E-state index contributed by atoms with van der Waals surface area (Å²) in [7, 11) is 0. The average molecular weight is 239 g/mol. The molecule has 1 rings (SSSR count). The lowest BCUT2D eigenvalue weighted by atomic mass is 9.75. The van der Waals surface area contributed by atoms with Gasteiger partial charge in [0.1, 0.15) is 0 Å². The Morgan fingerprint density at radius 3 is 2.47 bits per heavy atom. The molecule has 1 saturated carbocycles. The molecule has 1 nitrogen and oxygen atoms in total. The monoisotopic (exact) mass is 239 g/mol. The largest absolute Gasteiger partial charge is 0.311 e. The Morgan fingerprint density at radius 1 is 1.06 bits per heavy atom.